The summed E-state index contributed by atoms with van der Waals surface area (Å²) in [6.07, 6.45) is 3.69. The zero-order valence-corrected chi connectivity index (χ0v) is 12.4. The summed E-state index contributed by atoms with van der Waals surface area (Å²) >= 11 is 0. The number of nitrogens with two attached hydrogens (primary N) is 1. The number of amides is 1. The summed E-state index contributed by atoms with van der Waals surface area (Å²) in [5.41, 5.74) is 9.31. The molecule has 1 saturated carbocycles. The van der Waals surface area contributed by atoms with Crippen LogP contribution >= 0.6 is 12.4 Å². The summed E-state index contributed by atoms with van der Waals surface area (Å²) in [6.45, 7) is 4.23. The molecular formula is C15H23ClN2O. The quantitative estimate of drug-likeness (QED) is 0.895. The Balaban J connectivity index is 0.00000180. The van der Waals surface area contributed by atoms with Gasteiger partial charge in [0.05, 0.1) is 0 Å². The van der Waals surface area contributed by atoms with Crippen molar-refractivity contribution in [2.45, 2.75) is 45.6 Å². The van der Waals surface area contributed by atoms with E-state index in [0.29, 0.717) is 0 Å². The molecule has 2 rings (SSSR count). The van der Waals surface area contributed by atoms with Gasteiger partial charge in [-0.05, 0) is 55.9 Å². The summed E-state index contributed by atoms with van der Waals surface area (Å²) in [7, 11) is 0. The number of halogens is 1. The molecule has 2 atom stereocenters. The van der Waals surface area contributed by atoms with Crippen molar-refractivity contribution in [3.8, 4) is 0 Å². The van der Waals surface area contributed by atoms with Crippen LogP contribution in [0.1, 0.15) is 37.3 Å². The number of carbonyl (C=O) groups is 1. The lowest BCUT2D eigenvalue weighted by Crippen LogP contribution is -2.23. The predicted molar refractivity (Wildman–Crippen MR) is 81.8 cm³/mol. The Labute approximate surface area is 121 Å². The Morgan fingerprint density at radius 2 is 2.16 bits per heavy atom. The average molecular weight is 283 g/mol. The Hall–Kier alpha value is -1.06. The van der Waals surface area contributed by atoms with Crippen LogP contribution in [0.2, 0.25) is 0 Å². The molecule has 4 heteroatoms. The first-order valence-electron chi connectivity index (χ1n) is 6.76. The van der Waals surface area contributed by atoms with Gasteiger partial charge in [-0.15, -0.1) is 12.4 Å². The fraction of sp³-hybridized carbons (Fsp3) is 0.533. The molecule has 0 aliphatic heterocycles. The Bertz CT molecular complexity index is 448. The van der Waals surface area contributed by atoms with Crippen molar-refractivity contribution in [2.24, 2.45) is 11.7 Å². The minimum Gasteiger partial charge on any atom is -0.328 e. The first kappa shape index (κ1) is 16.0. The number of hydrogen-bond donors (Lipinski definition) is 2. The maximum Gasteiger partial charge on any atom is 0.227 e. The molecule has 0 heterocycles. The maximum absolute atomic E-state index is 12.1. The first-order valence-corrected chi connectivity index (χ1v) is 6.76. The van der Waals surface area contributed by atoms with Gasteiger partial charge >= 0.3 is 0 Å². The lowest BCUT2D eigenvalue weighted by Gasteiger charge is -2.12. The SMILES string of the molecule is CCc1cc(NC(=O)C2CCC(N)C2)ccc1C.Cl. The molecule has 0 saturated heterocycles. The molecule has 1 aromatic carbocycles. The minimum atomic E-state index is 0. The number of aryl methyl sites for hydroxylation is 2. The molecule has 106 valence electrons. The average Bonchev–Trinajstić information content (AvgIpc) is 2.78. The van der Waals surface area contributed by atoms with E-state index in [0.717, 1.165) is 31.4 Å². The third kappa shape index (κ3) is 3.95. The molecule has 1 fully saturated rings. The zero-order valence-electron chi connectivity index (χ0n) is 11.6. The lowest BCUT2D eigenvalue weighted by molar-refractivity contribution is -0.119. The molecule has 1 aromatic rings. The highest BCUT2D eigenvalue weighted by molar-refractivity contribution is 5.92. The van der Waals surface area contributed by atoms with Crippen molar-refractivity contribution in [2.75, 3.05) is 5.32 Å². The van der Waals surface area contributed by atoms with Crippen LogP contribution in [0.5, 0.6) is 0 Å². The standard InChI is InChI=1S/C15H22N2O.ClH/c1-3-11-9-14(7-4-10(11)2)17-15(18)12-5-6-13(16)8-12;/h4,7,9,12-13H,3,5-6,8,16H2,1-2H3,(H,17,18);1H. The molecule has 1 aliphatic carbocycles. The number of carbonyl (C=O) groups excluding carboxylic acids is 1. The molecule has 0 spiro atoms. The van der Waals surface area contributed by atoms with E-state index < -0.39 is 0 Å². The van der Waals surface area contributed by atoms with Crippen molar-refractivity contribution in [3.05, 3.63) is 29.3 Å². The third-order valence-electron chi connectivity index (χ3n) is 3.84. The van der Waals surface area contributed by atoms with Gasteiger partial charge < -0.3 is 11.1 Å². The van der Waals surface area contributed by atoms with Crippen molar-refractivity contribution in [1.82, 2.24) is 0 Å². The van der Waals surface area contributed by atoms with Crippen molar-refractivity contribution in [1.29, 1.82) is 0 Å². The van der Waals surface area contributed by atoms with E-state index in [1.165, 1.54) is 11.1 Å². The van der Waals surface area contributed by atoms with Gasteiger partial charge in [-0.2, -0.15) is 0 Å². The van der Waals surface area contributed by atoms with Crippen LogP contribution in [-0.4, -0.2) is 11.9 Å². The van der Waals surface area contributed by atoms with E-state index in [4.69, 9.17) is 5.73 Å². The fourth-order valence-corrected chi connectivity index (χ4v) is 2.63. The smallest absolute Gasteiger partial charge is 0.227 e. The molecule has 0 aromatic heterocycles. The van der Waals surface area contributed by atoms with Crippen LogP contribution in [0.4, 0.5) is 5.69 Å². The van der Waals surface area contributed by atoms with Crippen LogP contribution in [0, 0.1) is 12.8 Å². The van der Waals surface area contributed by atoms with Gasteiger partial charge in [0.2, 0.25) is 5.91 Å². The van der Waals surface area contributed by atoms with E-state index in [1.807, 2.05) is 6.07 Å². The summed E-state index contributed by atoms with van der Waals surface area (Å²) in [4.78, 5) is 12.1. The second-order valence-electron chi connectivity index (χ2n) is 5.25. The lowest BCUT2D eigenvalue weighted by atomic mass is 10.0. The highest BCUT2D eigenvalue weighted by Crippen LogP contribution is 2.26. The Kier molecular flexibility index (Phi) is 5.83. The van der Waals surface area contributed by atoms with Gasteiger partial charge in [0, 0.05) is 17.6 Å². The molecule has 19 heavy (non-hydrogen) atoms. The second kappa shape index (κ2) is 6.92. The van der Waals surface area contributed by atoms with Gasteiger partial charge in [0.25, 0.3) is 0 Å². The predicted octanol–water partition coefficient (Wildman–Crippen LogP) is 3.05. The molecule has 0 bridgehead atoms. The topological polar surface area (TPSA) is 55.1 Å². The molecular weight excluding hydrogens is 260 g/mol. The third-order valence-corrected chi connectivity index (χ3v) is 3.84. The van der Waals surface area contributed by atoms with E-state index in [9.17, 15) is 4.79 Å². The van der Waals surface area contributed by atoms with E-state index >= 15 is 0 Å². The number of benzene rings is 1. The maximum atomic E-state index is 12.1. The van der Waals surface area contributed by atoms with E-state index in [1.54, 1.807) is 0 Å². The Morgan fingerprint density at radius 3 is 2.74 bits per heavy atom. The highest BCUT2D eigenvalue weighted by Gasteiger charge is 2.27. The summed E-state index contributed by atoms with van der Waals surface area (Å²) in [5, 5.41) is 3.01. The van der Waals surface area contributed by atoms with E-state index in [2.05, 4.69) is 31.3 Å². The van der Waals surface area contributed by atoms with Crippen LogP contribution in [0.15, 0.2) is 18.2 Å². The first-order chi connectivity index (χ1) is 8.60. The van der Waals surface area contributed by atoms with Crippen LogP contribution in [0.3, 0.4) is 0 Å². The van der Waals surface area contributed by atoms with Crippen LogP contribution in [0.25, 0.3) is 0 Å². The Morgan fingerprint density at radius 1 is 1.42 bits per heavy atom. The molecule has 3 nitrogen and oxygen atoms in total. The van der Waals surface area contributed by atoms with Gasteiger partial charge in [0.15, 0.2) is 0 Å². The molecule has 0 radical (unpaired) electrons. The summed E-state index contributed by atoms with van der Waals surface area (Å²) < 4.78 is 0. The van der Waals surface area contributed by atoms with Gasteiger partial charge in [-0.3, -0.25) is 4.79 Å². The monoisotopic (exact) mass is 282 g/mol. The molecule has 3 N–H and O–H groups in total. The molecule has 1 aliphatic rings. The van der Waals surface area contributed by atoms with Crippen molar-refractivity contribution < 1.29 is 4.79 Å². The van der Waals surface area contributed by atoms with Gasteiger partial charge in [-0.1, -0.05) is 13.0 Å². The number of anilines is 1. The number of rotatable bonds is 3. The largest absolute Gasteiger partial charge is 0.328 e. The van der Waals surface area contributed by atoms with Crippen molar-refractivity contribution in [3.63, 3.8) is 0 Å². The normalized spacial score (nSPS) is 21.8. The molecule has 1 amide bonds. The second-order valence-corrected chi connectivity index (χ2v) is 5.25. The number of nitrogens with one attached hydrogen (secondary N) is 1. The van der Waals surface area contributed by atoms with Crippen LogP contribution in [-0.2, 0) is 11.2 Å². The highest BCUT2D eigenvalue weighted by atomic mass is 35.5. The minimum absolute atomic E-state index is 0. The van der Waals surface area contributed by atoms with Crippen molar-refractivity contribution >= 4 is 24.0 Å². The fourth-order valence-electron chi connectivity index (χ4n) is 2.63. The zero-order chi connectivity index (χ0) is 13.1. The van der Waals surface area contributed by atoms with E-state index in [-0.39, 0.29) is 30.3 Å². The van der Waals surface area contributed by atoms with Gasteiger partial charge in [-0.25, -0.2) is 0 Å². The van der Waals surface area contributed by atoms with Crippen LogP contribution < -0.4 is 11.1 Å². The number of hydrogen-bond acceptors (Lipinski definition) is 2. The summed E-state index contributed by atoms with van der Waals surface area (Å²) in [5.74, 6) is 0.209. The molecule has 2 unspecified atom stereocenters. The van der Waals surface area contributed by atoms with Gasteiger partial charge in [0.1, 0.15) is 0 Å². The summed E-state index contributed by atoms with van der Waals surface area (Å²) in [6, 6.07) is 6.31.